The van der Waals surface area contributed by atoms with Crippen LogP contribution in [-0.2, 0) is 0 Å². The van der Waals surface area contributed by atoms with E-state index >= 15 is 0 Å². The number of nitrogens with one attached hydrogen (secondary N) is 2. The number of likely N-dealkylation sites (N-methyl/N-ethyl adjacent to an activating group) is 1. The van der Waals surface area contributed by atoms with Crippen LogP contribution in [0.15, 0.2) is 54.9 Å². The van der Waals surface area contributed by atoms with Crippen molar-refractivity contribution in [3.05, 3.63) is 60.4 Å². The molecule has 28 heavy (non-hydrogen) atoms. The molecular weight excluding hydrogens is 350 g/mol. The molecule has 1 saturated heterocycles. The number of rotatable bonds is 5. The van der Waals surface area contributed by atoms with Crippen LogP contribution in [0, 0.1) is 6.92 Å². The molecule has 0 amide bonds. The van der Waals surface area contributed by atoms with Crippen molar-refractivity contribution in [1.82, 2.24) is 19.9 Å². The van der Waals surface area contributed by atoms with Crippen molar-refractivity contribution in [3.8, 4) is 0 Å². The highest BCUT2D eigenvalue weighted by Gasteiger charge is 2.15. The van der Waals surface area contributed by atoms with Gasteiger partial charge in [-0.05, 0) is 38.2 Å². The largest absolute Gasteiger partial charge is 0.354 e. The number of para-hydroxylation sites is 1. The normalized spacial score (nSPS) is 14.7. The van der Waals surface area contributed by atoms with Gasteiger partial charge in [0, 0.05) is 43.6 Å². The predicted octanol–water partition coefficient (Wildman–Crippen LogP) is 3.42. The molecule has 1 aliphatic heterocycles. The van der Waals surface area contributed by atoms with Gasteiger partial charge in [-0.25, -0.2) is 9.97 Å². The van der Waals surface area contributed by atoms with Gasteiger partial charge in [-0.1, -0.05) is 18.2 Å². The van der Waals surface area contributed by atoms with Crippen LogP contribution < -0.4 is 15.5 Å². The Morgan fingerprint density at radius 3 is 2.32 bits per heavy atom. The van der Waals surface area contributed by atoms with Crippen molar-refractivity contribution in [2.45, 2.75) is 6.92 Å². The number of nitrogens with zero attached hydrogens (tertiary/aromatic N) is 5. The van der Waals surface area contributed by atoms with Gasteiger partial charge in [-0.2, -0.15) is 4.98 Å². The van der Waals surface area contributed by atoms with Crippen LogP contribution in [0.25, 0.3) is 0 Å². The molecule has 0 radical (unpaired) electrons. The van der Waals surface area contributed by atoms with Gasteiger partial charge in [0.25, 0.3) is 0 Å². The maximum absolute atomic E-state index is 4.61. The predicted molar refractivity (Wildman–Crippen MR) is 114 cm³/mol. The fourth-order valence-electron chi connectivity index (χ4n) is 3.10. The average Bonchev–Trinajstić information content (AvgIpc) is 2.73. The zero-order chi connectivity index (χ0) is 19.3. The molecule has 0 saturated carbocycles. The number of piperazine rings is 1. The Labute approximate surface area is 165 Å². The summed E-state index contributed by atoms with van der Waals surface area (Å²) in [6, 6.07) is 14.1. The lowest BCUT2D eigenvalue weighted by atomic mass is 10.3. The summed E-state index contributed by atoms with van der Waals surface area (Å²) in [7, 11) is 2.15. The smallest absolute Gasteiger partial charge is 0.229 e. The number of pyridine rings is 1. The molecule has 1 fully saturated rings. The summed E-state index contributed by atoms with van der Waals surface area (Å²) in [5.41, 5.74) is 2.85. The molecule has 2 N–H and O–H groups in total. The van der Waals surface area contributed by atoms with Crippen molar-refractivity contribution in [2.24, 2.45) is 0 Å². The molecule has 0 aliphatic carbocycles. The van der Waals surface area contributed by atoms with E-state index in [0.717, 1.165) is 54.8 Å². The molecule has 0 unspecified atom stereocenters. The first-order valence-corrected chi connectivity index (χ1v) is 9.50. The SMILES string of the molecule is Cc1cnc(Nc2ccc(N3CCN(C)CC3)nc2)nc1Nc1ccccc1. The quantitative estimate of drug-likeness (QED) is 0.708. The Balaban J connectivity index is 1.44. The topological polar surface area (TPSA) is 69.2 Å². The summed E-state index contributed by atoms with van der Waals surface area (Å²) in [5.74, 6) is 2.33. The first-order valence-electron chi connectivity index (χ1n) is 9.50. The lowest BCUT2D eigenvalue weighted by Gasteiger charge is -2.33. The molecule has 1 aliphatic rings. The number of aryl methyl sites for hydroxylation is 1. The fourth-order valence-corrected chi connectivity index (χ4v) is 3.10. The summed E-state index contributed by atoms with van der Waals surface area (Å²) >= 11 is 0. The minimum absolute atomic E-state index is 0.540. The first-order chi connectivity index (χ1) is 13.7. The van der Waals surface area contributed by atoms with E-state index < -0.39 is 0 Å². The monoisotopic (exact) mass is 375 g/mol. The first kappa shape index (κ1) is 18.2. The number of benzene rings is 1. The Hall–Kier alpha value is -3.19. The molecule has 3 aromatic rings. The molecule has 1 aromatic carbocycles. The van der Waals surface area contributed by atoms with Crippen molar-refractivity contribution >= 4 is 29.0 Å². The van der Waals surface area contributed by atoms with Gasteiger partial charge in [-0.15, -0.1) is 0 Å². The number of anilines is 5. The van der Waals surface area contributed by atoms with Gasteiger partial charge in [0.05, 0.1) is 11.9 Å². The molecule has 0 bridgehead atoms. The van der Waals surface area contributed by atoms with E-state index in [4.69, 9.17) is 0 Å². The number of aromatic nitrogens is 3. The molecule has 0 spiro atoms. The minimum atomic E-state index is 0.540. The van der Waals surface area contributed by atoms with Crippen molar-refractivity contribution in [1.29, 1.82) is 0 Å². The van der Waals surface area contributed by atoms with Gasteiger partial charge in [-0.3, -0.25) is 0 Å². The maximum atomic E-state index is 4.61. The van der Waals surface area contributed by atoms with E-state index in [9.17, 15) is 0 Å². The van der Waals surface area contributed by atoms with E-state index in [1.165, 1.54) is 0 Å². The fraction of sp³-hybridized carbons (Fsp3) is 0.286. The number of hydrogen-bond acceptors (Lipinski definition) is 7. The molecular formula is C21H25N7. The third-order valence-electron chi connectivity index (χ3n) is 4.84. The second kappa shape index (κ2) is 8.22. The van der Waals surface area contributed by atoms with Crippen LogP contribution in [0.2, 0.25) is 0 Å². The molecule has 2 aromatic heterocycles. The third-order valence-corrected chi connectivity index (χ3v) is 4.84. The molecule has 4 rings (SSSR count). The van der Waals surface area contributed by atoms with E-state index in [1.807, 2.05) is 61.8 Å². The highest BCUT2D eigenvalue weighted by atomic mass is 15.3. The van der Waals surface area contributed by atoms with Crippen LogP contribution in [0.3, 0.4) is 0 Å². The molecule has 3 heterocycles. The van der Waals surface area contributed by atoms with Crippen LogP contribution in [0.1, 0.15) is 5.56 Å². The highest BCUT2D eigenvalue weighted by Crippen LogP contribution is 2.21. The Kier molecular flexibility index (Phi) is 5.34. The van der Waals surface area contributed by atoms with Crippen molar-refractivity contribution in [2.75, 3.05) is 48.8 Å². The summed E-state index contributed by atoms with van der Waals surface area (Å²) < 4.78 is 0. The highest BCUT2D eigenvalue weighted by molar-refractivity contribution is 5.62. The van der Waals surface area contributed by atoms with Crippen LogP contribution in [0.5, 0.6) is 0 Å². The van der Waals surface area contributed by atoms with Crippen LogP contribution in [-0.4, -0.2) is 53.1 Å². The average molecular weight is 375 g/mol. The van der Waals surface area contributed by atoms with Gasteiger partial charge >= 0.3 is 0 Å². The molecule has 144 valence electrons. The van der Waals surface area contributed by atoms with E-state index in [1.54, 1.807) is 0 Å². The van der Waals surface area contributed by atoms with E-state index in [0.29, 0.717) is 5.95 Å². The summed E-state index contributed by atoms with van der Waals surface area (Å²) in [4.78, 5) is 18.3. The zero-order valence-corrected chi connectivity index (χ0v) is 16.3. The van der Waals surface area contributed by atoms with Gasteiger partial charge in [0.15, 0.2) is 0 Å². The molecule has 7 nitrogen and oxygen atoms in total. The van der Waals surface area contributed by atoms with Crippen molar-refractivity contribution < 1.29 is 0 Å². The minimum Gasteiger partial charge on any atom is -0.354 e. The van der Waals surface area contributed by atoms with Crippen molar-refractivity contribution in [3.63, 3.8) is 0 Å². The number of hydrogen-bond donors (Lipinski definition) is 2. The zero-order valence-electron chi connectivity index (χ0n) is 16.3. The maximum Gasteiger partial charge on any atom is 0.229 e. The third kappa shape index (κ3) is 4.37. The van der Waals surface area contributed by atoms with E-state index in [-0.39, 0.29) is 0 Å². The molecule has 7 heteroatoms. The Morgan fingerprint density at radius 2 is 1.61 bits per heavy atom. The lowest BCUT2D eigenvalue weighted by Crippen LogP contribution is -2.44. The molecule has 0 atom stereocenters. The Morgan fingerprint density at radius 1 is 0.821 bits per heavy atom. The van der Waals surface area contributed by atoms with Gasteiger partial charge < -0.3 is 20.4 Å². The summed E-state index contributed by atoms with van der Waals surface area (Å²) in [6.07, 6.45) is 3.65. The standard InChI is InChI=1S/C21H25N7/c1-16-14-23-21(26-20(16)24-17-6-4-3-5-7-17)25-18-8-9-19(22-15-18)28-12-10-27(2)11-13-28/h3-9,14-15H,10-13H2,1-2H3,(H2,23,24,25,26). The van der Waals surface area contributed by atoms with E-state index in [2.05, 4.69) is 42.4 Å². The summed E-state index contributed by atoms with van der Waals surface area (Å²) in [5, 5.41) is 6.58. The second-order valence-corrected chi connectivity index (χ2v) is 7.04. The van der Waals surface area contributed by atoms with Crippen LogP contribution in [0.4, 0.5) is 29.0 Å². The summed E-state index contributed by atoms with van der Waals surface area (Å²) in [6.45, 7) is 6.13. The van der Waals surface area contributed by atoms with Gasteiger partial charge in [0.1, 0.15) is 11.6 Å². The lowest BCUT2D eigenvalue weighted by molar-refractivity contribution is 0.312. The van der Waals surface area contributed by atoms with Gasteiger partial charge in [0.2, 0.25) is 5.95 Å². The Bertz CT molecular complexity index is 904. The second-order valence-electron chi connectivity index (χ2n) is 7.04. The van der Waals surface area contributed by atoms with Crippen LogP contribution >= 0.6 is 0 Å².